The van der Waals surface area contributed by atoms with Gasteiger partial charge in [0.1, 0.15) is 22.3 Å². The summed E-state index contributed by atoms with van der Waals surface area (Å²) in [6.45, 7) is 0. The molecule has 2 aliphatic carbocycles. The van der Waals surface area contributed by atoms with Gasteiger partial charge in [0, 0.05) is 43.8 Å². The molecule has 0 saturated heterocycles. The van der Waals surface area contributed by atoms with E-state index in [9.17, 15) is 0 Å². The van der Waals surface area contributed by atoms with Crippen LogP contribution in [0.25, 0.3) is 89.2 Å². The summed E-state index contributed by atoms with van der Waals surface area (Å²) in [5.41, 5.74) is 12.8. The van der Waals surface area contributed by atoms with Crippen LogP contribution < -0.4 is 0 Å². The van der Waals surface area contributed by atoms with Gasteiger partial charge in [0.2, 0.25) is 0 Å². The predicted molar refractivity (Wildman–Crippen MR) is 218 cm³/mol. The zero-order chi connectivity index (χ0) is 35.6. The third-order valence-electron chi connectivity index (χ3n) is 11.4. The number of benzene rings is 6. The Morgan fingerprint density at radius 2 is 1.22 bits per heavy atom. The van der Waals surface area contributed by atoms with Crippen LogP contribution in [-0.4, -0.2) is 15.0 Å². The molecule has 2 aliphatic rings. The molecule has 3 aromatic heterocycles. The van der Waals surface area contributed by atoms with Crippen LogP contribution in [0.15, 0.2) is 160 Å². The van der Waals surface area contributed by atoms with Gasteiger partial charge in [0.25, 0.3) is 0 Å². The van der Waals surface area contributed by atoms with Crippen LogP contribution in [-0.2, 0) is 12.8 Å². The topological polar surface area (TPSA) is 65.0 Å². The number of aryl methyl sites for hydroxylation is 1. The Kier molecular flexibility index (Phi) is 7.19. The van der Waals surface area contributed by atoms with Gasteiger partial charge in [-0.05, 0) is 85.0 Å². The molecular formula is C49H35N3O2. The van der Waals surface area contributed by atoms with Gasteiger partial charge in [-0.2, -0.15) is 0 Å². The van der Waals surface area contributed by atoms with Gasteiger partial charge in [-0.25, -0.2) is 15.0 Å². The van der Waals surface area contributed by atoms with Gasteiger partial charge < -0.3 is 8.83 Å². The Morgan fingerprint density at radius 1 is 0.519 bits per heavy atom. The summed E-state index contributed by atoms with van der Waals surface area (Å²) in [5, 5.41) is 4.06. The molecule has 54 heavy (non-hydrogen) atoms. The van der Waals surface area contributed by atoms with Crippen LogP contribution in [0.5, 0.6) is 0 Å². The van der Waals surface area contributed by atoms with E-state index in [4.69, 9.17) is 23.8 Å². The molecule has 0 N–H and O–H groups in total. The lowest BCUT2D eigenvalue weighted by Crippen LogP contribution is -2.17. The number of nitrogens with zero attached hydrogens (tertiary/aromatic N) is 3. The van der Waals surface area contributed by atoms with E-state index < -0.39 is 0 Å². The fraction of sp³-hybridized carbons (Fsp3) is 0.122. The SMILES string of the molecule is C1=CCCC([C@@H]2CCc3cc(-c4ccc(-c5nc(-c6ccccc6)nc(-c6cccc7oc8ccccc8c67)n5)c5c4oc4ccccc45)ccc3C2)=C1. The molecule has 1 atom stereocenters. The molecule has 0 fully saturated rings. The van der Waals surface area contributed by atoms with Gasteiger partial charge in [0.15, 0.2) is 17.5 Å². The summed E-state index contributed by atoms with van der Waals surface area (Å²) >= 11 is 0. The predicted octanol–water partition coefficient (Wildman–Crippen LogP) is 12.7. The maximum atomic E-state index is 6.77. The summed E-state index contributed by atoms with van der Waals surface area (Å²) < 4.78 is 13.0. The van der Waals surface area contributed by atoms with Crippen molar-refractivity contribution >= 4 is 43.9 Å². The van der Waals surface area contributed by atoms with Crippen molar-refractivity contribution in [3.63, 3.8) is 0 Å². The summed E-state index contributed by atoms with van der Waals surface area (Å²) in [6.07, 6.45) is 12.6. The van der Waals surface area contributed by atoms with Gasteiger partial charge in [-0.3, -0.25) is 0 Å². The van der Waals surface area contributed by atoms with Crippen molar-refractivity contribution in [2.75, 3.05) is 0 Å². The standard InChI is InChI=1S/C49H35N3O2/c1-3-12-30(13-4-1)32-22-23-34-29-35(25-24-33(34)28-32)36-26-27-40(45-38-17-8-10-20-42(38)54-46(36)45)49-51-47(31-14-5-2-6-15-31)50-48(52-49)39-18-11-21-43-44(39)37-16-7-9-19-41(37)53-43/h1-3,5-12,14-21,24-27,29,32H,4,13,22-23,28H2/t32-/m1/s1. The number of furan rings is 2. The smallest absolute Gasteiger partial charge is 0.164 e. The first-order valence-electron chi connectivity index (χ1n) is 18.9. The zero-order valence-corrected chi connectivity index (χ0v) is 29.6. The van der Waals surface area contributed by atoms with Crippen LogP contribution in [0.3, 0.4) is 0 Å². The largest absolute Gasteiger partial charge is 0.456 e. The quantitative estimate of drug-likeness (QED) is 0.179. The van der Waals surface area contributed by atoms with Crippen molar-refractivity contribution in [1.82, 2.24) is 15.0 Å². The van der Waals surface area contributed by atoms with E-state index in [1.807, 2.05) is 72.8 Å². The van der Waals surface area contributed by atoms with Gasteiger partial charge in [0.05, 0.1) is 0 Å². The third kappa shape index (κ3) is 5.11. The van der Waals surface area contributed by atoms with E-state index in [-0.39, 0.29) is 0 Å². The average molecular weight is 698 g/mol. The molecule has 0 amide bonds. The second-order valence-electron chi connectivity index (χ2n) is 14.5. The van der Waals surface area contributed by atoms with Crippen LogP contribution in [0.2, 0.25) is 0 Å². The highest BCUT2D eigenvalue weighted by atomic mass is 16.3. The average Bonchev–Trinajstić information content (AvgIpc) is 3.83. The molecule has 0 unspecified atom stereocenters. The Balaban J connectivity index is 1.09. The summed E-state index contributed by atoms with van der Waals surface area (Å²) in [7, 11) is 0. The Morgan fingerprint density at radius 3 is 2.04 bits per heavy atom. The number of hydrogen-bond acceptors (Lipinski definition) is 5. The molecule has 5 nitrogen and oxygen atoms in total. The maximum Gasteiger partial charge on any atom is 0.164 e. The van der Waals surface area contributed by atoms with Gasteiger partial charge in [-0.1, -0.05) is 121 Å². The van der Waals surface area contributed by atoms with Crippen molar-refractivity contribution in [2.45, 2.75) is 32.1 Å². The minimum atomic E-state index is 0.592. The van der Waals surface area contributed by atoms with E-state index in [1.54, 1.807) is 5.57 Å². The van der Waals surface area contributed by atoms with E-state index in [0.717, 1.165) is 85.4 Å². The normalized spacial score (nSPS) is 15.6. The number of rotatable bonds is 5. The lowest BCUT2D eigenvalue weighted by molar-refractivity contribution is 0.508. The Labute approximate surface area is 312 Å². The lowest BCUT2D eigenvalue weighted by Gasteiger charge is -2.28. The first-order chi connectivity index (χ1) is 26.7. The highest BCUT2D eigenvalue weighted by Crippen LogP contribution is 2.43. The minimum Gasteiger partial charge on any atom is -0.456 e. The van der Waals surface area contributed by atoms with E-state index in [1.165, 1.54) is 29.5 Å². The molecule has 5 heteroatoms. The molecular weight excluding hydrogens is 663 g/mol. The van der Waals surface area contributed by atoms with Crippen molar-refractivity contribution < 1.29 is 8.83 Å². The van der Waals surface area contributed by atoms with E-state index in [0.29, 0.717) is 23.4 Å². The van der Waals surface area contributed by atoms with Crippen molar-refractivity contribution in [1.29, 1.82) is 0 Å². The molecule has 258 valence electrons. The first kappa shape index (κ1) is 31.0. The van der Waals surface area contributed by atoms with E-state index >= 15 is 0 Å². The fourth-order valence-electron chi connectivity index (χ4n) is 8.74. The summed E-state index contributed by atoms with van der Waals surface area (Å²) in [6, 6.07) is 44.0. The number of aromatic nitrogens is 3. The lowest BCUT2D eigenvalue weighted by atomic mass is 9.77. The van der Waals surface area contributed by atoms with Gasteiger partial charge >= 0.3 is 0 Å². The Bertz CT molecular complexity index is 2980. The Hall–Kier alpha value is -6.59. The monoisotopic (exact) mass is 697 g/mol. The zero-order valence-electron chi connectivity index (χ0n) is 29.6. The number of hydrogen-bond donors (Lipinski definition) is 0. The number of fused-ring (bicyclic) bond motifs is 7. The molecule has 9 aromatic rings. The maximum absolute atomic E-state index is 6.77. The highest BCUT2D eigenvalue weighted by Gasteiger charge is 2.25. The number of allylic oxidation sites excluding steroid dienone is 4. The molecule has 6 aromatic carbocycles. The number of para-hydroxylation sites is 2. The van der Waals surface area contributed by atoms with Crippen LogP contribution in [0.1, 0.15) is 30.4 Å². The fourth-order valence-corrected chi connectivity index (χ4v) is 8.74. The third-order valence-corrected chi connectivity index (χ3v) is 11.4. The first-order valence-corrected chi connectivity index (χ1v) is 18.9. The molecule has 3 heterocycles. The molecule has 11 rings (SSSR count). The van der Waals surface area contributed by atoms with Crippen molar-refractivity contribution in [3.05, 3.63) is 162 Å². The van der Waals surface area contributed by atoms with Gasteiger partial charge in [-0.15, -0.1) is 0 Å². The molecule has 0 saturated carbocycles. The molecule has 0 spiro atoms. The second kappa shape index (κ2) is 12.5. The second-order valence-corrected chi connectivity index (χ2v) is 14.5. The van der Waals surface area contributed by atoms with Crippen molar-refractivity contribution in [3.8, 4) is 45.3 Å². The van der Waals surface area contributed by atoms with Crippen LogP contribution in [0.4, 0.5) is 0 Å². The van der Waals surface area contributed by atoms with Crippen LogP contribution in [0, 0.1) is 5.92 Å². The summed E-state index contributed by atoms with van der Waals surface area (Å²) in [4.78, 5) is 15.6. The van der Waals surface area contributed by atoms with E-state index in [2.05, 4.69) is 72.8 Å². The van der Waals surface area contributed by atoms with Crippen molar-refractivity contribution in [2.24, 2.45) is 5.92 Å². The minimum absolute atomic E-state index is 0.592. The molecule has 0 aliphatic heterocycles. The molecule has 0 bridgehead atoms. The molecule has 0 radical (unpaired) electrons. The van der Waals surface area contributed by atoms with Crippen LogP contribution >= 0.6 is 0 Å². The highest BCUT2D eigenvalue weighted by molar-refractivity contribution is 6.16. The summed E-state index contributed by atoms with van der Waals surface area (Å²) in [5.74, 6) is 2.43.